The van der Waals surface area contributed by atoms with Gasteiger partial charge in [-0.25, -0.2) is 8.42 Å². The van der Waals surface area contributed by atoms with E-state index in [1.165, 1.54) is 0 Å². The fraction of sp³-hybridized carbons (Fsp3) is 0.348. The second-order valence-corrected chi connectivity index (χ2v) is 9.24. The first kappa shape index (κ1) is 20.9. The van der Waals surface area contributed by atoms with Crippen LogP contribution in [-0.4, -0.2) is 38.3 Å². The molecule has 0 amide bonds. The van der Waals surface area contributed by atoms with Crippen LogP contribution in [0.15, 0.2) is 53.4 Å². The first-order chi connectivity index (χ1) is 14.0. The molecule has 1 heterocycles. The number of nitrogens with zero attached hydrogens (tertiary/aromatic N) is 2. The highest BCUT2D eigenvalue weighted by Gasteiger charge is 2.31. The lowest BCUT2D eigenvalue weighted by Gasteiger charge is -2.31. The van der Waals surface area contributed by atoms with Crippen LogP contribution in [0.25, 0.3) is 0 Å². The van der Waals surface area contributed by atoms with Crippen LogP contribution < -0.4 is 4.74 Å². The molecule has 1 aliphatic heterocycles. The van der Waals surface area contributed by atoms with E-state index in [1.54, 1.807) is 31.2 Å². The number of benzene rings is 2. The third kappa shape index (κ3) is 5.38. The molecule has 0 aliphatic carbocycles. The minimum Gasteiger partial charge on any atom is -0.481 e. The molecule has 2 aromatic carbocycles. The second-order valence-electron chi connectivity index (χ2n) is 7.02. The van der Waals surface area contributed by atoms with E-state index in [9.17, 15) is 8.42 Å². The Balaban J connectivity index is 1.57. The Bertz CT molecular complexity index is 1020. The number of likely N-dealkylation sites (tertiary alicyclic amines) is 1. The highest BCUT2D eigenvalue weighted by molar-refractivity contribution is 7.92. The van der Waals surface area contributed by atoms with E-state index < -0.39 is 9.84 Å². The van der Waals surface area contributed by atoms with Crippen molar-refractivity contribution in [3.63, 3.8) is 0 Å². The van der Waals surface area contributed by atoms with Crippen LogP contribution in [0.4, 0.5) is 0 Å². The fourth-order valence-corrected chi connectivity index (χ4v) is 5.16. The molecule has 0 aromatic heterocycles. The van der Waals surface area contributed by atoms with Crippen molar-refractivity contribution >= 4 is 9.84 Å². The summed E-state index contributed by atoms with van der Waals surface area (Å²) in [6.45, 7) is 4.28. The van der Waals surface area contributed by atoms with Gasteiger partial charge in [-0.1, -0.05) is 18.1 Å². The molecule has 1 aliphatic rings. The van der Waals surface area contributed by atoms with Crippen molar-refractivity contribution in [1.82, 2.24) is 4.90 Å². The topological polar surface area (TPSA) is 70.4 Å². The zero-order valence-corrected chi connectivity index (χ0v) is 17.3. The van der Waals surface area contributed by atoms with E-state index in [2.05, 4.69) is 22.8 Å². The maximum absolute atomic E-state index is 13.0. The third-order valence-corrected chi connectivity index (χ3v) is 7.38. The Hall–Kier alpha value is -2.80. The molecular weight excluding hydrogens is 384 g/mol. The molecule has 0 atom stereocenters. The molecule has 150 valence electrons. The Labute approximate surface area is 172 Å². The van der Waals surface area contributed by atoms with E-state index in [0.717, 1.165) is 25.2 Å². The Morgan fingerprint density at radius 2 is 1.72 bits per heavy atom. The van der Waals surface area contributed by atoms with Gasteiger partial charge in [0.1, 0.15) is 12.4 Å². The molecule has 1 fully saturated rings. The average molecular weight is 409 g/mol. The van der Waals surface area contributed by atoms with Crippen LogP contribution in [0.1, 0.15) is 30.9 Å². The van der Waals surface area contributed by atoms with Gasteiger partial charge in [-0.3, -0.25) is 4.90 Å². The molecule has 3 rings (SSSR count). The third-order valence-electron chi connectivity index (χ3n) is 5.10. The molecule has 0 N–H and O–H groups in total. The smallest absolute Gasteiger partial charge is 0.181 e. The maximum atomic E-state index is 13.0. The van der Waals surface area contributed by atoms with Gasteiger partial charge in [-0.15, -0.1) is 5.92 Å². The van der Waals surface area contributed by atoms with Gasteiger partial charge in [0.2, 0.25) is 0 Å². The van der Waals surface area contributed by atoms with Gasteiger partial charge in [0.05, 0.1) is 21.8 Å². The molecule has 29 heavy (non-hydrogen) atoms. The fourth-order valence-electron chi connectivity index (χ4n) is 3.43. The predicted molar refractivity (Wildman–Crippen MR) is 112 cm³/mol. The van der Waals surface area contributed by atoms with Crippen molar-refractivity contribution in [1.29, 1.82) is 5.26 Å². The second kappa shape index (κ2) is 9.60. The molecule has 6 heteroatoms. The largest absolute Gasteiger partial charge is 0.481 e. The van der Waals surface area contributed by atoms with Gasteiger partial charge < -0.3 is 4.74 Å². The summed E-state index contributed by atoms with van der Waals surface area (Å²) in [6, 6.07) is 16.3. The Morgan fingerprint density at radius 1 is 1.07 bits per heavy atom. The van der Waals surface area contributed by atoms with Crippen molar-refractivity contribution in [3.8, 4) is 23.7 Å². The summed E-state index contributed by atoms with van der Waals surface area (Å²) < 4.78 is 31.4. The number of sulfone groups is 1. The summed E-state index contributed by atoms with van der Waals surface area (Å²) in [5, 5.41) is 8.52. The summed E-state index contributed by atoms with van der Waals surface area (Å²) in [4.78, 5) is 2.61. The summed E-state index contributed by atoms with van der Waals surface area (Å²) in [7, 11) is -3.36. The number of hydrogen-bond acceptors (Lipinski definition) is 5. The number of nitriles is 1. The molecule has 2 aromatic rings. The van der Waals surface area contributed by atoms with Crippen LogP contribution in [-0.2, 0) is 16.4 Å². The van der Waals surface area contributed by atoms with Gasteiger partial charge in [0.15, 0.2) is 9.84 Å². The molecular formula is C23H24N2O3S. The minimum atomic E-state index is -3.36. The van der Waals surface area contributed by atoms with Crippen LogP contribution in [0.5, 0.6) is 5.75 Å². The normalized spacial score (nSPS) is 15.2. The first-order valence-electron chi connectivity index (χ1n) is 9.60. The monoisotopic (exact) mass is 408 g/mol. The van der Waals surface area contributed by atoms with E-state index in [1.807, 2.05) is 24.3 Å². The molecule has 5 nitrogen and oxygen atoms in total. The quantitative estimate of drug-likeness (QED) is 0.685. The average Bonchev–Trinajstić information content (AvgIpc) is 2.75. The standard InChI is InChI=1S/C23H24N2O3S/c1-2-3-16-28-21-8-10-22(11-9-21)29(26,27)23-12-14-25(15-13-23)18-20-6-4-19(17-24)5-7-20/h4-11,23H,12-16,18H2,1H3. The summed E-state index contributed by atoms with van der Waals surface area (Å²) >= 11 is 0. The molecule has 0 bridgehead atoms. The van der Waals surface area contributed by atoms with Gasteiger partial charge in [0.25, 0.3) is 0 Å². The van der Waals surface area contributed by atoms with Gasteiger partial charge in [0, 0.05) is 6.54 Å². The van der Waals surface area contributed by atoms with Crippen molar-refractivity contribution in [2.75, 3.05) is 19.7 Å². The van der Waals surface area contributed by atoms with E-state index in [-0.39, 0.29) is 5.25 Å². The van der Waals surface area contributed by atoms with Crippen molar-refractivity contribution in [3.05, 3.63) is 59.7 Å². The van der Waals surface area contributed by atoms with Gasteiger partial charge in [-0.2, -0.15) is 5.26 Å². The van der Waals surface area contributed by atoms with Crippen LogP contribution in [0.2, 0.25) is 0 Å². The molecule has 0 radical (unpaired) electrons. The number of piperidine rings is 1. The summed E-state index contributed by atoms with van der Waals surface area (Å²) in [6.07, 6.45) is 1.23. The summed E-state index contributed by atoms with van der Waals surface area (Å²) in [5.41, 5.74) is 1.78. The lowest BCUT2D eigenvalue weighted by atomic mass is 10.1. The van der Waals surface area contributed by atoms with Crippen LogP contribution in [0.3, 0.4) is 0 Å². The van der Waals surface area contributed by atoms with E-state index in [4.69, 9.17) is 10.00 Å². The van der Waals surface area contributed by atoms with E-state index >= 15 is 0 Å². The molecule has 0 spiro atoms. The number of hydrogen-bond donors (Lipinski definition) is 0. The lowest BCUT2D eigenvalue weighted by Crippen LogP contribution is -2.38. The molecule has 0 saturated carbocycles. The SMILES string of the molecule is CC#CCOc1ccc(S(=O)(=O)C2CCN(Cc3ccc(C#N)cc3)CC2)cc1. The number of rotatable bonds is 6. The van der Waals surface area contributed by atoms with Gasteiger partial charge in [-0.05, 0) is 74.8 Å². The molecule has 1 saturated heterocycles. The predicted octanol–water partition coefficient (Wildman–Crippen LogP) is 3.40. The first-order valence-corrected chi connectivity index (χ1v) is 11.2. The maximum Gasteiger partial charge on any atom is 0.181 e. The highest BCUT2D eigenvalue weighted by atomic mass is 32.2. The zero-order chi connectivity index (χ0) is 20.7. The van der Waals surface area contributed by atoms with Gasteiger partial charge >= 0.3 is 0 Å². The highest BCUT2D eigenvalue weighted by Crippen LogP contribution is 2.26. The van der Waals surface area contributed by atoms with Crippen LogP contribution >= 0.6 is 0 Å². The van der Waals surface area contributed by atoms with E-state index in [0.29, 0.717) is 35.7 Å². The van der Waals surface area contributed by atoms with Crippen LogP contribution in [0, 0.1) is 23.2 Å². The Kier molecular flexibility index (Phi) is 6.93. The minimum absolute atomic E-state index is 0.292. The Morgan fingerprint density at radius 3 is 2.31 bits per heavy atom. The van der Waals surface area contributed by atoms with Crippen molar-refractivity contribution in [2.24, 2.45) is 0 Å². The molecule has 0 unspecified atom stereocenters. The number of ether oxygens (including phenoxy) is 1. The summed E-state index contributed by atoms with van der Waals surface area (Å²) in [5.74, 6) is 6.18. The zero-order valence-electron chi connectivity index (χ0n) is 16.5. The van der Waals surface area contributed by atoms with Crippen molar-refractivity contribution in [2.45, 2.75) is 36.5 Å². The lowest BCUT2D eigenvalue weighted by molar-refractivity contribution is 0.222. The van der Waals surface area contributed by atoms with Crippen molar-refractivity contribution < 1.29 is 13.2 Å².